The summed E-state index contributed by atoms with van der Waals surface area (Å²) in [5.41, 5.74) is 1.81. The van der Waals surface area contributed by atoms with Crippen molar-refractivity contribution in [2.75, 3.05) is 6.54 Å². The van der Waals surface area contributed by atoms with E-state index >= 15 is 0 Å². The Morgan fingerprint density at radius 3 is 2.44 bits per heavy atom. The molecule has 0 fully saturated rings. The van der Waals surface area contributed by atoms with Gasteiger partial charge >= 0.3 is 0 Å². The van der Waals surface area contributed by atoms with Gasteiger partial charge in [0, 0.05) is 31.3 Å². The molecule has 7 nitrogen and oxygen atoms in total. The van der Waals surface area contributed by atoms with Gasteiger partial charge in [0.05, 0.1) is 16.6 Å². The van der Waals surface area contributed by atoms with Crippen molar-refractivity contribution < 1.29 is 8.42 Å². The lowest BCUT2D eigenvalue weighted by Gasteiger charge is -2.17. The van der Waals surface area contributed by atoms with Gasteiger partial charge in [-0.1, -0.05) is 0 Å². The summed E-state index contributed by atoms with van der Waals surface area (Å²) in [5.74, 6) is 0. The maximum Gasteiger partial charge on any atom is 0.240 e. The van der Waals surface area contributed by atoms with E-state index in [0.717, 1.165) is 11.3 Å². The van der Waals surface area contributed by atoms with E-state index in [2.05, 4.69) is 14.9 Å². The van der Waals surface area contributed by atoms with Crippen LogP contribution in [0.2, 0.25) is 0 Å². The van der Waals surface area contributed by atoms with Crippen LogP contribution in [0, 0.1) is 0 Å². The molecule has 0 spiro atoms. The molecule has 1 aromatic carbocycles. The molecule has 0 radical (unpaired) electrons. The normalized spacial score (nSPS) is 12.9. The summed E-state index contributed by atoms with van der Waals surface area (Å²) in [6, 6.07) is 12.0. The Kier molecular flexibility index (Phi) is 4.88. The minimum Gasteiger partial charge on any atom is -0.264 e. The maximum atomic E-state index is 12.7. The van der Waals surface area contributed by atoms with E-state index in [9.17, 15) is 8.42 Å². The van der Waals surface area contributed by atoms with Gasteiger partial charge in [0.25, 0.3) is 0 Å². The van der Waals surface area contributed by atoms with Crippen LogP contribution in [-0.2, 0) is 10.0 Å². The van der Waals surface area contributed by atoms with Crippen LogP contribution in [0.4, 0.5) is 0 Å². The van der Waals surface area contributed by atoms with E-state index in [1.54, 1.807) is 63.6 Å². The molecule has 3 heterocycles. The van der Waals surface area contributed by atoms with Gasteiger partial charge in [0.2, 0.25) is 10.0 Å². The van der Waals surface area contributed by atoms with Crippen molar-refractivity contribution in [3.8, 4) is 5.69 Å². The van der Waals surface area contributed by atoms with Gasteiger partial charge in [-0.05, 0) is 58.8 Å². The second-order valence-electron chi connectivity index (χ2n) is 5.85. The molecule has 0 aliphatic carbocycles. The van der Waals surface area contributed by atoms with Crippen molar-refractivity contribution >= 4 is 21.4 Å². The zero-order valence-electron chi connectivity index (χ0n) is 14.2. The quantitative estimate of drug-likeness (QED) is 0.518. The summed E-state index contributed by atoms with van der Waals surface area (Å²) >= 11 is 1.57. The van der Waals surface area contributed by atoms with Crippen LogP contribution in [0.3, 0.4) is 0 Å². The fourth-order valence-electron chi connectivity index (χ4n) is 2.77. The average Bonchev–Trinajstić information content (AvgIpc) is 3.44. The van der Waals surface area contributed by atoms with E-state index in [1.165, 1.54) is 0 Å². The Balaban J connectivity index is 1.52. The number of hydrogen-bond donors (Lipinski definition) is 1. The molecule has 4 rings (SSSR count). The Bertz CT molecular complexity index is 1040. The average molecular weight is 400 g/mol. The number of aromatic nitrogens is 4. The number of sulfonamides is 1. The van der Waals surface area contributed by atoms with E-state index in [-0.39, 0.29) is 17.5 Å². The van der Waals surface area contributed by atoms with Crippen LogP contribution in [0.1, 0.15) is 11.6 Å². The smallest absolute Gasteiger partial charge is 0.240 e. The first-order chi connectivity index (χ1) is 13.1. The first-order valence-electron chi connectivity index (χ1n) is 8.24. The lowest BCUT2D eigenvalue weighted by atomic mass is 10.1. The first kappa shape index (κ1) is 17.7. The van der Waals surface area contributed by atoms with Gasteiger partial charge in [0.1, 0.15) is 0 Å². The molecule has 9 heteroatoms. The van der Waals surface area contributed by atoms with Crippen LogP contribution in [0.25, 0.3) is 5.69 Å². The number of nitrogens with zero attached hydrogens (tertiary/aromatic N) is 4. The minimum atomic E-state index is -3.64. The standard InChI is InChI=1S/C18H17N5O2S2/c24-27(25,17-5-3-16(4-6-17)22-10-1-8-19-22)21-13-18(15-7-12-26-14-15)23-11-2-9-20-23/h1-12,14,18,21H,13H2/t18-/m1/s1. The summed E-state index contributed by atoms with van der Waals surface area (Å²) in [4.78, 5) is 0.211. The molecule has 0 saturated heterocycles. The number of nitrogens with one attached hydrogen (secondary N) is 1. The maximum absolute atomic E-state index is 12.7. The van der Waals surface area contributed by atoms with Crippen molar-refractivity contribution in [3.63, 3.8) is 0 Å². The third-order valence-corrected chi connectivity index (χ3v) is 6.30. The van der Waals surface area contributed by atoms with Crippen LogP contribution < -0.4 is 4.72 Å². The minimum absolute atomic E-state index is 0.204. The van der Waals surface area contributed by atoms with Gasteiger partial charge in [-0.2, -0.15) is 21.5 Å². The summed E-state index contributed by atoms with van der Waals surface area (Å²) in [5, 5.41) is 12.4. The Morgan fingerprint density at radius 1 is 1.04 bits per heavy atom. The topological polar surface area (TPSA) is 81.8 Å². The number of rotatable bonds is 7. The molecular formula is C18H17N5O2S2. The highest BCUT2D eigenvalue weighted by Crippen LogP contribution is 2.21. The van der Waals surface area contributed by atoms with E-state index < -0.39 is 10.0 Å². The van der Waals surface area contributed by atoms with Crippen molar-refractivity contribution in [2.24, 2.45) is 0 Å². The van der Waals surface area contributed by atoms with Crippen molar-refractivity contribution in [1.82, 2.24) is 24.3 Å². The Morgan fingerprint density at radius 2 is 1.81 bits per heavy atom. The molecule has 0 bridgehead atoms. The van der Waals surface area contributed by atoms with Crippen molar-refractivity contribution in [3.05, 3.63) is 83.6 Å². The zero-order chi connectivity index (χ0) is 18.7. The fourth-order valence-corrected chi connectivity index (χ4v) is 4.51. The molecule has 1 atom stereocenters. The Labute approximate surface area is 160 Å². The highest BCUT2D eigenvalue weighted by molar-refractivity contribution is 7.89. The third kappa shape index (κ3) is 3.85. The second-order valence-corrected chi connectivity index (χ2v) is 8.40. The lowest BCUT2D eigenvalue weighted by Crippen LogP contribution is -2.31. The van der Waals surface area contributed by atoms with E-state index in [4.69, 9.17) is 0 Å². The fraction of sp³-hybridized carbons (Fsp3) is 0.111. The number of hydrogen-bond acceptors (Lipinski definition) is 5. The molecule has 0 aliphatic rings. The molecule has 0 aliphatic heterocycles. The van der Waals surface area contributed by atoms with Crippen molar-refractivity contribution in [2.45, 2.75) is 10.9 Å². The van der Waals surface area contributed by atoms with Crippen LogP contribution >= 0.6 is 11.3 Å². The second kappa shape index (κ2) is 7.47. The molecule has 0 unspecified atom stereocenters. The molecule has 3 aromatic heterocycles. The van der Waals surface area contributed by atoms with Crippen LogP contribution in [-0.4, -0.2) is 34.5 Å². The van der Waals surface area contributed by atoms with Crippen LogP contribution in [0.15, 0.2) is 82.9 Å². The van der Waals surface area contributed by atoms with Gasteiger partial charge in [-0.3, -0.25) is 4.68 Å². The molecule has 0 amide bonds. The van der Waals surface area contributed by atoms with Gasteiger partial charge < -0.3 is 0 Å². The monoisotopic (exact) mass is 399 g/mol. The molecule has 1 N–H and O–H groups in total. The predicted octanol–water partition coefficient (Wildman–Crippen LogP) is 2.70. The van der Waals surface area contributed by atoms with E-state index in [0.29, 0.717) is 0 Å². The SMILES string of the molecule is O=S(=O)(NC[C@H](c1ccsc1)n1cccn1)c1ccc(-n2cccn2)cc1. The third-order valence-electron chi connectivity index (χ3n) is 4.15. The van der Waals surface area contributed by atoms with Crippen LogP contribution in [0.5, 0.6) is 0 Å². The highest BCUT2D eigenvalue weighted by atomic mass is 32.2. The van der Waals surface area contributed by atoms with Crippen molar-refractivity contribution in [1.29, 1.82) is 0 Å². The number of thiophene rings is 1. The summed E-state index contributed by atoms with van der Waals surface area (Å²) < 4.78 is 31.6. The van der Waals surface area contributed by atoms with Gasteiger partial charge in [-0.25, -0.2) is 17.8 Å². The molecule has 138 valence electrons. The molecule has 0 saturated carbocycles. The first-order valence-corrected chi connectivity index (χ1v) is 10.7. The van der Waals surface area contributed by atoms with E-state index in [1.807, 2.05) is 35.2 Å². The molecule has 27 heavy (non-hydrogen) atoms. The van der Waals surface area contributed by atoms with Gasteiger partial charge in [0.15, 0.2) is 0 Å². The zero-order valence-corrected chi connectivity index (χ0v) is 15.8. The number of benzene rings is 1. The Hall–Kier alpha value is -2.75. The summed E-state index contributed by atoms with van der Waals surface area (Å²) in [6.45, 7) is 0.210. The summed E-state index contributed by atoms with van der Waals surface area (Å²) in [6.07, 6.45) is 6.99. The lowest BCUT2D eigenvalue weighted by molar-refractivity contribution is 0.506. The highest BCUT2D eigenvalue weighted by Gasteiger charge is 2.20. The largest absolute Gasteiger partial charge is 0.264 e. The molecule has 4 aromatic rings. The van der Waals surface area contributed by atoms with Gasteiger partial charge in [-0.15, -0.1) is 0 Å². The predicted molar refractivity (Wildman–Crippen MR) is 103 cm³/mol. The summed E-state index contributed by atoms with van der Waals surface area (Å²) in [7, 11) is -3.64. The molecular weight excluding hydrogens is 382 g/mol.